The van der Waals surface area contributed by atoms with Crippen LogP contribution in [0.15, 0.2) is 30.7 Å². The number of imidazole rings is 1. The fourth-order valence-electron chi connectivity index (χ4n) is 1.88. The molecule has 0 unspecified atom stereocenters. The summed E-state index contributed by atoms with van der Waals surface area (Å²) in [5, 5.41) is 4.66. The van der Waals surface area contributed by atoms with Crippen LogP contribution < -0.4 is 5.32 Å². The number of likely N-dealkylation sites (N-methyl/N-ethyl adjacent to an activating group) is 1. The van der Waals surface area contributed by atoms with E-state index in [4.69, 9.17) is 23.2 Å². The molecule has 0 spiro atoms. The van der Waals surface area contributed by atoms with Crippen molar-refractivity contribution < 1.29 is 0 Å². The smallest absolute Gasteiger partial charge is 0.0952 e. The summed E-state index contributed by atoms with van der Waals surface area (Å²) < 4.78 is 2.01. The standard InChI is InChI=1S/C14H17Cl2N3/c1-2-17-7-6-11-8-19(10-18-11)9-12-13(15)4-3-5-14(12)16/h3-5,8,10,17H,2,6-7,9H2,1H3. The zero-order chi connectivity index (χ0) is 13.7. The summed E-state index contributed by atoms with van der Waals surface area (Å²) in [6, 6.07) is 5.56. The lowest BCUT2D eigenvalue weighted by molar-refractivity contribution is 0.708. The van der Waals surface area contributed by atoms with Crippen LogP contribution in [0, 0.1) is 0 Å². The fourth-order valence-corrected chi connectivity index (χ4v) is 2.40. The SMILES string of the molecule is CCNCCc1cn(Cc2c(Cl)cccc2Cl)cn1. The minimum absolute atomic E-state index is 0.646. The number of halogens is 2. The molecule has 0 fully saturated rings. The molecule has 1 aromatic heterocycles. The van der Waals surface area contributed by atoms with Crippen LogP contribution in [0.4, 0.5) is 0 Å². The van der Waals surface area contributed by atoms with Crippen molar-refractivity contribution in [2.24, 2.45) is 0 Å². The largest absolute Gasteiger partial charge is 0.333 e. The number of rotatable bonds is 6. The number of nitrogens with one attached hydrogen (secondary N) is 1. The highest BCUT2D eigenvalue weighted by Gasteiger charge is 2.07. The number of nitrogens with zero attached hydrogens (tertiary/aromatic N) is 2. The number of hydrogen-bond acceptors (Lipinski definition) is 2. The van der Waals surface area contributed by atoms with Crippen molar-refractivity contribution in [2.75, 3.05) is 13.1 Å². The van der Waals surface area contributed by atoms with Crippen LogP contribution in [0.25, 0.3) is 0 Å². The number of benzene rings is 1. The van der Waals surface area contributed by atoms with Crippen LogP contribution in [-0.2, 0) is 13.0 Å². The van der Waals surface area contributed by atoms with E-state index in [9.17, 15) is 0 Å². The number of hydrogen-bond donors (Lipinski definition) is 1. The maximum Gasteiger partial charge on any atom is 0.0952 e. The molecule has 102 valence electrons. The van der Waals surface area contributed by atoms with Crippen LogP contribution in [0.5, 0.6) is 0 Å². The average Bonchev–Trinajstić information content (AvgIpc) is 2.82. The second kappa shape index (κ2) is 6.94. The van der Waals surface area contributed by atoms with Crippen LogP contribution in [0.2, 0.25) is 10.0 Å². The van der Waals surface area contributed by atoms with Crippen molar-refractivity contribution in [1.29, 1.82) is 0 Å². The van der Waals surface area contributed by atoms with E-state index in [-0.39, 0.29) is 0 Å². The molecule has 0 aliphatic heterocycles. The first kappa shape index (κ1) is 14.4. The van der Waals surface area contributed by atoms with Crippen LogP contribution in [-0.4, -0.2) is 22.6 Å². The summed E-state index contributed by atoms with van der Waals surface area (Å²) in [5.74, 6) is 0. The summed E-state index contributed by atoms with van der Waals surface area (Å²) in [4.78, 5) is 4.38. The third-order valence-corrected chi connectivity index (χ3v) is 3.61. The molecule has 0 radical (unpaired) electrons. The van der Waals surface area contributed by atoms with Gasteiger partial charge in [-0.05, 0) is 18.7 Å². The molecule has 19 heavy (non-hydrogen) atoms. The van der Waals surface area contributed by atoms with Gasteiger partial charge in [-0.3, -0.25) is 0 Å². The second-order valence-electron chi connectivity index (χ2n) is 4.34. The van der Waals surface area contributed by atoms with Gasteiger partial charge >= 0.3 is 0 Å². The first-order valence-corrected chi connectivity index (χ1v) is 7.10. The maximum atomic E-state index is 6.16. The van der Waals surface area contributed by atoms with Gasteiger partial charge in [0.1, 0.15) is 0 Å². The summed E-state index contributed by atoms with van der Waals surface area (Å²) in [7, 11) is 0. The van der Waals surface area contributed by atoms with Gasteiger partial charge in [0, 0.05) is 34.8 Å². The molecule has 2 rings (SSSR count). The molecule has 0 saturated heterocycles. The van der Waals surface area contributed by atoms with E-state index in [0.29, 0.717) is 16.6 Å². The molecule has 0 atom stereocenters. The summed E-state index contributed by atoms with van der Waals surface area (Å²) in [5.41, 5.74) is 2.01. The van der Waals surface area contributed by atoms with Gasteiger partial charge in [-0.2, -0.15) is 0 Å². The zero-order valence-electron chi connectivity index (χ0n) is 10.9. The van der Waals surface area contributed by atoms with Crippen LogP contribution in [0.1, 0.15) is 18.2 Å². The highest BCUT2D eigenvalue weighted by Crippen LogP contribution is 2.25. The Morgan fingerprint density at radius 3 is 2.68 bits per heavy atom. The highest BCUT2D eigenvalue weighted by molar-refractivity contribution is 6.35. The van der Waals surface area contributed by atoms with E-state index < -0.39 is 0 Å². The van der Waals surface area contributed by atoms with Crippen LogP contribution >= 0.6 is 23.2 Å². The molecule has 0 saturated carbocycles. The first-order valence-electron chi connectivity index (χ1n) is 6.35. The van der Waals surface area contributed by atoms with Gasteiger partial charge in [0.15, 0.2) is 0 Å². The van der Waals surface area contributed by atoms with Gasteiger partial charge in [0.25, 0.3) is 0 Å². The van der Waals surface area contributed by atoms with Gasteiger partial charge in [-0.15, -0.1) is 0 Å². The van der Waals surface area contributed by atoms with E-state index in [1.54, 1.807) is 0 Å². The Labute approximate surface area is 123 Å². The Bertz CT molecular complexity index is 517. The van der Waals surface area contributed by atoms with Crippen molar-refractivity contribution in [3.63, 3.8) is 0 Å². The summed E-state index contributed by atoms with van der Waals surface area (Å²) in [6.07, 6.45) is 4.79. The van der Waals surface area contributed by atoms with Gasteiger partial charge in [0.05, 0.1) is 18.6 Å². The van der Waals surface area contributed by atoms with Crippen molar-refractivity contribution >= 4 is 23.2 Å². The molecule has 0 amide bonds. The molecule has 5 heteroatoms. The van der Waals surface area contributed by atoms with Crippen molar-refractivity contribution in [2.45, 2.75) is 19.9 Å². The van der Waals surface area contributed by atoms with Gasteiger partial charge < -0.3 is 9.88 Å². The Hall–Kier alpha value is -1.03. The molecule has 1 heterocycles. The lowest BCUT2D eigenvalue weighted by Gasteiger charge is -2.07. The number of aromatic nitrogens is 2. The Morgan fingerprint density at radius 1 is 1.26 bits per heavy atom. The van der Waals surface area contributed by atoms with Crippen LogP contribution in [0.3, 0.4) is 0 Å². The minimum atomic E-state index is 0.646. The van der Waals surface area contributed by atoms with E-state index in [2.05, 4.69) is 17.2 Å². The molecular weight excluding hydrogens is 281 g/mol. The molecule has 0 aliphatic rings. The summed E-state index contributed by atoms with van der Waals surface area (Å²) in [6.45, 7) is 4.67. The van der Waals surface area contributed by atoms with Crippen molar-refractivity contribution in [3.8, 4) is 0 Å². The van der Waals surface area contributed by atoms with E-state index in [1.807, 2.05) is 35.3 Å². The van der Waals surface area contributed by atoms with E-state index >= 15 is 0 Å². The lowest BCUT2D eigenvalue weighted by atomic mass is 10.2. The third-order valence-electron chi connectivity index (χ3n) is 2.90. The van der Waals surface area contributed by atoms with E-state index in [0.717, 1.165) is 30.8 Å². The molecule has 0 aliphatic carbocycles. The monoisotopic (exact) mass is 297 g/mol. The molecule has 1 aromatic carbocycles. The van der Waals surface area contributed by atoms with Gasteiger partial charge in [-0.1, -0.05) is 36.2 Å². The zero-order valence-corrected chi connectivity index (χ0v) is 12.4. The first-order chi connectivity index (χ1) is 9.20. The molecule has 2 aromatic rings. The predicted octanol–water partition coefficient (Wildman–Crippen LogP) is 3.39. The average molecular weight is 298 g/mol. The van der Waals surface area contributed by atoms with Gasteiger partial charge in [0.2, 0.25) is 0 Å². The Balaban J connectivity index is 2.03. The Kier molecular flexibility index (Phi) is 5.25. The van der Waals surface area contributed by atoms with E-state index in [1.165, 1.54) is 0 Å². The third kappa shape index (κ3) is 3.96. The molecule has 0 bridgehead atoms. The normalized spacial score (nSPS) is 10.9. The Morgan fingerprint density at radius 2 is 2.00 bits per heavy atom. The second-order valence-corrected chi connectivity index (χ2v) is 5.16. The fraction of sp³-hybridized carbons (Fsp3) is 0.357. The van der Waals surface area contributed by atoms with Gasteiger partial charge in [-0.25, -0.2) is 4.98 Å². The predicted molar refractivity (Wildman–Crippen MR) is 80.0 cm³/mol. The lowest BCUT2D eigenvalue weighted by Crippen LogP contribution is -2.16. The van der Waals surface area contributed by atoms with Crippen molar-refractivity contribution in [3.05, 3.63) is 52.0 Å². The molecule has 3 nitrogen and oxygen atoms in total. The molecular formula is C14H17Cl2N3. The summed E-state index contributed by atoms with van der Waals surface area (Å²) >= 11 is 12.3. The van der Waals surface area contributed by atoms with Crippen molar-refractivity contribution in [1.82, 2.24) is 14.9 Å². The topological polar surface area (TPSA) is 29.9 Å². The maximum absolute atomic E-state index is 6.16. The quantitative estimate of drug-likeness (QED) is 0.828. The molecule has 1 N–H and O–H groups in total. The highest BCUT2D eigenvalue weighted by atomic mass is 35.5. The minimum Gasteiger partial charge on any atom is -0.333 e.